The van der Waals surface area contributed by atoms with Crippen molar-refractivity contribution >= 4 is 51.9 Å². The molecule has 0 aromatic heterocycles. The van der Waals surface area contributed by atoms with Crippen LogP contribution in [0.5, 0.6) is 5.75 Å². The Morgan fingerprint density at radius 1 is 1.18 bits per heavy atom. The number of amides is 1. The molecule has 0 aliphatic carbocycles. The number of carboxylic acids is 1. The molecule has 2 aromatic carbocycles. The van der Waals surface area contributed by atoms with Crippen molar-refractivity contribution < 1.29 is 19.4 Å². The van der Waals surface area contributed by atoms with Gasteiger partial charge in [-0.1, -0.05) is 49.5 Å². The predicted octanol–water partition coefficient (Wildman–Crippen LogP) is 4.97. The third-order valence-electron chi connectivity index (χ3n) is 4.11. The number of ether oxygens (including phenoxy) is 1. The van der Waals surface area contributed by atoms with Crippen molar-refractivity contribution in [1.82, 2.24) is 0 Å². The number of unbranched alkanes of at least 4 members (excludes halogenated alkanes) is 1. The molecule has 1 fully saturated rings. The number of hydrogen-bond donors (Lipinski definition) is 1. The second-order valence-corrected chi connectivity index (χ2v) is 7.82. The second kappa shape index (κ2) is 9.03. The molecular weight excluding hydrogens is 394 g/mol. The summed E-state index contributed by atoms with van der Waals surface area (Å²) in [6.45, 7) is 2.80. The van der Waals surface area contributed by atoms with E-state index in [1.165, 1.54) is 28.8 Å². The van der Waals surface area contributed by atoms with Gasteiger partial charge in [0.25, 0.3) is 5.91 Å². The van der Waals surface area contributed by atoms with Gasteiger partial charge in [-0.25, -0.2) is 4.79 Å². The molecule has 28 heavy (non-hydrogen) atoms. The summed E-state index contributed by atoms with van der Waals surface area (Å²) in [5.74, 6) is -0.433. The topological polar surface area (TPSA) is 66.8 Å². The summed E-state index contributed by atoms with van der Waals surface area (Å²) in [5.41, 5.74) is 1.59. The molecule has 0 saturated carbocycles. The van der Waals surface area contributed by atoms with Gasteiger partial charge in [-0.2, -0.15) is 0 Å². The number of benzene rings is 2. The first-order valence-corrected chi connectivity index (χ1v) is 10.1. The lowest BCUT2D eigenvalue weighted by Crippen LogP contribution is -2.27. The predicted molar refractivity (Wildman–Crippen MR) is 116 cm³/mol. The lowest BCUT2D eigenvalue weighted by molar-refractivity contribution is -0.113. The number of carbonyl (C=O) groups is 2. The average molecular weight is 414 g/mol. The largest absolute Gasteiger partial charge is 0.494 e. The maximum Gasteiger partial charge on any atom is 0.335 e. The molecule has 1 saturated heterocycles. The van der Waals surface area contributed by atoms with E-state index in [-0.39, 0.29) is 11.5 Å². The van der Waals surface area contributed by atoms with E-state index in [1.807, 2.05) is 24.3 Å². The van der Waals surface area contributed by atoms with E-state index in [4.69, 9.17) is 22.1 Å². The van der Waals surface area contributed by atoms with Gasteiger partial charge in [-0.05, 0) is 54.5 Å². The van der Waals surface area contributed by atoms with Crippen LogP contribution in [0.4, 0.5) is 5.69 Å². The van der Waals surface area contributed by atoms with Crippen molar-refractivity contribution in [3.8, 4) is 5.75 Å². The minimum atomic E-state index is -1.01. The van der Waals surface area contributed by atoms with E-state index in [2.05, 4.69) is 6.92 Å². The molecule has 0 radical (unpaired) electrons. The first-order valence-electron chi connectivity index (χ1n) is 8.84. The van der Waals surface area contributed by atoms with E-state index in [0.29, 0.717) is 21.5 Å². The molecule has 5 nitrogen and oxygen atoms in total. The van der Waals surface area contributed by atoms with Gasteiger partial charge >= 0.3 is 5.97 Å². The van der Waals surface area contributed by atoms with Crippen molar-refractivity contribution in [2.45, 2.75) is 19.8 Å². The summed E-state index contributed by atoms with van der Waals surface area (Å²) in [6, 6.07) is 13.6. The molecule has 2 aromatic rings. The van der Waals surface area contributed by atoms with E-state index >= 15 is 0 Å². The number of thiocarbonyl (C=S) groups is 1. The van der Waals surface area contributed by atoms with Crippen LogP contribution >= 0.6 is 24.0 Å². The zero-order chi connectivity index (χ0) is 20.1. The lowest BCUT2D eigenvalue weighted by Gasteiger charge is -2.14. The number of aromatic carboxylic acids is 1. The van der Waals surface area contributed by atoms with Gasteiger partial charge < -0.3 is 9.84 Å². The minimum absolute atomic E-state index is 0.158. The molecule has 7 heteroatoms. The van der Waals surface area contributed by atoms with Crippen LogP contribution in [0.3, 0.4) is 0 Å². The lowest BCUT2D eigenvalue weighted by atomic mass is 10.2. The van der Waals surface area contributed by atoms with E-state index in [9.17, 15) is 9.59 Å². The molecular formula is C21H19NO4S2. The molecule has 0 spiro atoms. The molecule has 0 bridgehead atoms. The number of thioether (sulfide) groups is 1. The van der Waals surface area contributed by atoms with Crippen molar-refractivity contribution in [3.63, 3.8) is 0 Å². The standard InChI is InChI=1S/C21H19NO4S2/c1-2-3-12-26-17-10-4-14(5-11-17)13-18-19(23)22(21(27)28-18)16-8-6-15(7-9-16)20(24)25/h4-11,13H,2-3,12H2,1H3,(H,24,25)/b18-13-. The number of rotatable bonds is 7. The molecule has 1 amide bonds. The Kier molecular flexibility index (Phi) is 6.49. The number of carbonyl (C=O) groups excluding carboxylic acids is 1. The summed E-state index contributed by atoms with van der Waals surface area (Å²) in [4.78, 5) is 25.7. The summed E-state index contributed by atoms with van der Waals surface area (Å²) in [7, 11) is 0. The van der Waals surface area contributed by atoms with Crippen molar-refractivity contribution in [1.29, 1.82) is 0 Å². The van der Waals surface area contributed by atoms with Crippen LogP contribution < -0.4 is 9.64 Å². The Morgan fingerprint density at radius 2 is 1.86 bits per heavy atom. The number of carboxylic acid groups (broad SMARTS) is 1. The highest BCUT2D eigenvalue weighted by Gasteiger charge is 2.33. The Bertz CT molecular complexity index is 920. The fourth-order valence-corrected chi connectivity index (χ4v) is 3.89. The third-order valence-corrected chi connectivity index (χ3v) is 5.41. The monoisotopic (exact) mass is 413 g/mol. The molecule has 1 aliphatic heterocycles. The quantitative estimate of drug-likeness (QED) is 0.393. The summed E-state index contributed by atoms with van der Waals surface area (Å²) < 4.78 is 6.06. The Hall–Kier alpha value is -2.64. The fraction of sp³-hybridized carbons (Fsp3) is 0.190. The first-order chi connectivity index (χ1) is 13.5. The summed E-state index contributed by atoms with van der Waals surface area (Å²) >= 11 is 6.57. The summed E-state index contributed by atoms with van der Waals surface area (Å²) in [5, 5.41) is 9.00. The van der Waals surface area contributed by atoms with Crippen LogP contribution in [0.25, 0.3) is 6.08 Å². The molecule has 144 valence electrons. The normalized spacial score (nSPS) is 15.3. The molecule has 0 atom stereocenters. The summed E-state index contributed by atoms with van der Waals surface area (Å²) in [6.07, 6.45) is 3.89. The van der Waals surface area contributed by atoms with Crippen molar-refractivity contribution in [2.75, 3.05) is 11.5 Å². The maximum absolute atomic E-state index is 12.8. The molecule has 3 rings (SSSR count). The first kappa shape index (κ1) is 20.1. The van der Waals surface area contributed by atoms with Gasteiger partial charge in [0, 0.05) is 0 Å². The van der Waals surface area contributed by atoms with Gasteiger partial charge in [-0.3, -0.25) is 9.69 Å². The molecule has 1 N–H and O–H groups in total. The van der Waals surface area contributed by atoms with Gasteiger partial charge in [0.2, 0.25) is 0 Å². The number of hydrogen-bond acceptors (Lipinski definition) is 5. The minimum Gasteiger partial charge on any atom is -0.494 e. The highest BCUT2D eigenvalue weighted by molar-refractivity contribution is 8.27. The van der Waals surface area contributed by atoms with Gasteiger partial charge in [0.05, 0.1) is 22.8 Å². The van der Waals surface area contributed by atoms with Gasteiger partial charge in [-0.15, -0.1) is 0 Å². The second-order valence-electron chi connectivity index (χ2n) is 6.14. The van der Waals surface area contributed by atoms with Crippen molar-refractivity contribution in [3.05, 3.63) is 64.6 Å². The van der Waals surface area contributed by atoms with Crippen LogP contribution in [0.15, 0.2) is 53.4 Å². The highest BCUT2D eigenvalue weighted by Crippen LogP contribution is 2.36. The third kappa shape index (κ3) is 4.61. The Morgan fingerprint density at radius 3 is 2.46 bits per heavy atom. The van der Waals surface area contributed by atoms with Crippen LogP contribution in [-0.4, -0.2) is 27.9 Å². The van der Waals surface area contributed by atoms with E-state index in [1.54, 1.807) is 18.2 Å². The fourth-order valence-electron chi connectivity index (χ4n) is 2.59. The zero-order valence-corrected chi connectivity index (χ0v) is 16.9. The van der Waals surface area contributed by atoms with Gasteiger partial charge in [0.15, 0.2) is 4.32 Å². The van der Waals surface area contributed by atoms with Gasteiger partial charge in [0.1, 0.15) is 5.75 Å². The Balaban J connectivity index is 1.74. The smallest absolute Gasteiger partial charge is 0.335 e. The number of nitrogens with zero attached hydrogens (tertiary/aromatic N) is 1. The molecule has 1 aliphatic rings. The average Bonchev–Trinajstić information content (AvgIpc) is 2.96. The van der Waals surface area contributed by atoms with Crippen LogP contribution in [0, 0.1) is 0 Å². The Labute approximate surface area is 173 Å². The molecule has 0 unspecified atom stereocenters. The van der Waals surface area contributed by atoms with Crippen LogP contribution in [0.2, 0.25) is 0 Å². The van der Waals surface area contributed by atoms with E-state index < -0.39 is 5.97 Å². The van der Waals surface area contributed by atoms with Crippen LogP contribution in [-0.2, 0) is 4.79 Å². The zero-order valence-electron chi connectivity index (χ0n) is 15.3. The van der Waals surface area contributed by atoms with E-state index in [0.717, 1.165) is 24.2 Å². The SMILES string of the molecule is CCCCOc1ccc(/C=C2\SC(=S)N(c3ccc(C(=O)O)cc3)C2=O)cc1. The van der Waals surface area contributed by atoms with Crippen LogP contribution in [0.1, 0.15) is 35.7 Å². The number of anilines is 1. The van der Waals surface area contributed by atoms with Crippen molar-refractivity contribution in [2.24, 2.45) is 0 Å². The molecule has 1 heterocycles. The maximum atomic E-state index is 12.8. The highest BCUT2D eigenvalue weighted by atomic mass is 32.2.